The van der Waals surface area contributed by atoms with Crippen molar-refractivity contribution in [3.05, 3.63) is 95.1 Å². The number of benzene rings is 3. The van der Waals surface area contributed by atoms with E-state index in [-0.39, 0.29) is 35.5 Å². The summed E-state index contributed by atoms with van der Waals surface area (Å²) in [6.45, 7) is 0. The van der Waals surface area contributed by atoms with Gasteiger partial charge in [-0.1, -0.05) is 24.3 Å². The number of hydrazone groups is 2. The molecule has 10 heteroatoms. The molecule has 2 fully saturated rings. The number of nitrogens with zero attached hydrogens (tertiary/aromatic N) is 2. The van der Waals surface area contributed by atoms with Gasteiger partial charge in [0.25, 0.3) is 11.8 Å². The predicted molar refractivity (Wildman–Crippen MR) is 152 cm³/mol. The molecule has 2 saturated carbocycles. The van der Waals surface area contributed by atoms with Gasteiger partial charge in [0.15, 0.2) is 0 Å². The molecule has 3 aromatic rings. The molecule has 0 bridgehead atoms. The molecule has 2 aliphatic rings. The highest BCUT2D eigenvalue weighted by molar-refractivity contribution is 5.98. The molecule has 0 atom stereocenters. The number of carbonyl (C=O) groups is 4. The van der Waals surface area contributed by atoms with Crippen molar-refractivity contribution >= 4 is 47.4 Å². The minimum atomic E-state index is -0.367. The molecule has 2 aliphatic carbocycles. The Morgan fingerprint density at radius 3 is 1.23 bits per heavy atom. The smallest absolute Gasteiger partial charge is 0.271 e. The quantitative estimate of drug-likeness (QED) is 0.230. The fourth-order valence-electron chi connectivity index (χ4n) is 3.72. The monoisotopic (exact) mass is 536 g/mol. The van der Waals surface area contributed by atoms with Crippen molar-refractivity contribution in [2.75, 3.05) is 10.6 Å². The maximum Gasteiger partial charge on any atom is 0.271 e. The van der Waals surface area contributed by atoms with E-state index in [4.69, 9.17) is 0 Å². The minimum absolute atomic E-state index is 0.0157. The second-order valence-corrected chi connectivity index (χ2v) is 9.75. The van der Waals surface area contributed by atoms with Crippen molar-refractivity contribution in [3.63, 3.8) is 0 Å². The van der Waals surface area contributed by atoms with E-state index >= 15 is 0 Å². The first-order valence-electron chi connectivity index (χ1n) is 13.0. The summed E-state index contributed by atoms with van der Waals surface area (Å²) in [6.07, 6.45) is 6.75. The second-order valence-electron chi connectivity index (χ2n) is 9.75. The summed E-state index contributed by atoms with van der Waals surface area (Å²) in [5.41, 5.74) is 8.64. The number of nitrogens with one attached hydrogen (secondary N) is 4. The van der Waals surface area contributed by atoms with Crippen LogP contribution in [0.5, 0.6) is 0 Å². The summed E-state index contributed by atoms with van der Waals surface area (Å²) in [5, 5.41) is 13.7. The van der Waals surface area contributed by atoms with Crippen LogP contribution in [0.2, 0.25) is 0 Å². The molecule has 4 amide bonds. The van der Waals surface area contributed by atoms with Crippen LogP contribution in [0.25, 0.3) is 0 Å². The van der Waals surface area contributed by atoms with Gasteiger partial charge in [0.2, 0.25) is 11.8 Å². The highest BCUT2D eigenvalue weighted by Crippen LogP contribution is 2.30. The number of carbonyl (C=O) groups excluding carboxylic acids is 4. The molecular formula is C30H28N6O4. The van der Waals surface area contributed by atoms with E-state index in [9.17, 15) is 19.2 Å². The van der Waals surface area contributed by atoms with E-state index in [2.05, 4.69) is 31.7 Å². The Morgan fingerprint density at radius 1 is 0.550 bits per heavy atom. The van der Waals surface area contributed by atoms with Crippen molar-refractivity contribution in [1.29, 1.82) is 0 Å². The van der Waals surface area contributed by atoms with Gasteiger partial charge in [-0.15, -0.1) is 0 Å². The summed E-state index contributed by atoms with van der Waals surface area (Å²) in [4.78, 5) is 48.3. The van der Waals surface area contributed by atoms with Crippen LogP contribution in [0.15, 0.2) is 83.0 Å². The molecular weight excluding hydrogens is 508 g/mol. The zero-order chi connectivity index (χ0) is 27.9. The molecule has 0 spiro atoms. The average Bonchev–Trinajstić information content (AvgIpc) is 3.88. The molecule has 40 heavy (non-hydrogen) atoms. The standard InChI is InChI=1S/C30H28N6O4/c37-27(21-5-6-21)33-25-13-9-23(10-14-25)29(39)35-31-17-19-1-2-20(4-3-19)18-32-36-30(40)24-11-15-26(16-12-24)34-28(38)22-7-8-22/h1-4,9-18,21-22H,5-8H2,(H,33,37)(H,34,38)(H,35,39)(H,36,40)/b31-17+,32-18+. The lowest BCUT2D eigenvalue weighted by atomic mass is 10.2. The summed E-state index contributed by atoms with van der Waals surface area (Å²) >= 11 is 0. The van der Waals surface area contributed by atoms with E-state index in [0.717, 1.165) is 36.8 Å². The zero-order valence-electron chi connectivity index (χ0n) is 21.6. The van der Waals surface area contributed by atoms with Gasteiger partial charge in [-0.2, -0.15) is 10.2 Å². The third-order valence-corrected chi connectivity index (χ3v) is 6.42. The third-order valence-electron chi connectivity index (χ3n) is 6.42. The number of hydrogen-bond donors (Lipinski definition) is 4. The molecule has 5 rings (SSSR count). The predicted octanol–water partition coefficient (Wildman–Crippen LogP) is 3.91. The summed E-state index contributed by atoms with van der Waals surface area (Å²) < 4.78 is 0. The first kappa shape index (κ1) is 26.5. The maximum atomic E-state index is 12.3. The van der Waals surface area contributed by atoms with Crippen LogP contribution in [-0.4, -0.2) is 36.1 Å². The van der Waals surface area contributed by atoms with E-state index in [1.165, 1.54) is 12.4 Å². The van der Waals surface area contributed by atoms with Gasteiger partial charge in [0.1, 0.15) is 0 Å². The summed E-state index contributed by atoms with van der Waals surface area (Å²) in [6, 6.07) is 20.5. The second kappa shape index (κ2) is 12.2. The highest BCUT2D eigenvalue weighted by Gasteiger charge is 2.30. The first-order valence-corrected chi connectivity index (χ1v) is 13.0. The van der Waals surface area contributed by atoms with E-state index < -0.39 is 0 Å². The maximum absolute atomic E-state index is 12.3. The van der Waals surface area contributed by atoms with Crippen molar-refractivity contribution in [2.24, 2.45) is 22.0 Å². The van der Waals surface area contributed by atoms with Gasteiger partial charge in [0, 0.05) is 34.3 Å². The molecule has 202 valence electrons. The van der Waals surface area contributed by atoms with Crippen LogP contribution in [0.3, 0.4) is 0 Å². The molecule has 0 aromatic heterocycles. The number of amides is 4. The molecule has 0 aliphatic heterocycles. The van der Waals surface area contributed by atoms with Crippen LogP contribution < -0.4 is 21.5 Å². The highest BCUT2D eigenvalue weighted by atomic mass is 16.2. The van der Waals surface area contributed by atoms with Crippen molar-refractivity contribution in [3.8, 4) is 0 Å². The Labute approximate surface area is 230 Å². The van der Waals surface area contributed by atoms with Crippen LogP contribution in [0, 0.1) is 11.8 Å². The van der Waals surface area contributed by atoms with Crippen LogP contribution in [0.1, 0.15) is 57.5 Å². The average molecular weight is 537 g/mol. The first-order chi connectivity index (χ1) is 19.4. The van der Waals surface area contributed by atoms with Crippen LogP contribution in [0.4, 0.5) is 11.4 Å². The van der Waals surface area contributed by atoms with E-state index in [1.54, 1.807) is 72.8 Å². The molecule has 0 heterocycles. The van der Waals surface area contributed by atoms with Gasteiger partial charge < -0.3 is 10.6 Å². The van der Waals surface area contributed by atoms with Gasteiger partial charge in [-0.05, 0) is 85.3 Å². The Hall–Kier alpha value is -5.12. The van der Waals surface area contributed by atoms with Crippen LogP contribution >= 0.6 is 0 Å². The molecule has 4 N–H and O–H groups in total. The van der Waals surface area contributed by atoms with Crippen LogP contribution in [-0.2, 0) is 9.59 Å². The fourth-order valence-corrected chi connectivity index (χ4v) is 3.72. The normalized spacial score (nSPS) is 14.6. The SMILES string of the molecule is O=C(N/N=C/c1ccc(/C=N/NC(=O)c2ccc(NC(=O)C3CC3)cc2)cc1)c1ccc(NC(=O)C2CC2)cc1. The Balaban J connectivity index is 1.05. The summed E-state index contributed by atoms with van der Waals surface area (Å²) in [5.74, 6) is -0.476. The fraction of sp³-hybridized carbons (Fsp3) is 0.200. The largest absolute Gasteiger partial charge is 0.326 e. The number of hydrogen-bond acceptors (Lipinski definition) is 6. The molecule has 3 aromatic carbocycles. The van der Waals surface area contributed by atoms with Crippen molar-refractivity contribution < 1.29 is 19.2 Å². The Morgan fingerprint density at radius 2 is 0.900 bits per heavy atom. The van der Waals surface area contributed by atoms with Gasteiger partial charge in [-0.3, -0.25) is 19.2 Å². The zero-order valence-corrected chi connectivity index (χ0v) is 21.6. The summed E-state index contributed by atoms with van der Waals surface area (Å²) in [7, 11) is 0. The lowest BCUT2D eigenvalue weighted by Crippen LogP contribution is -2.18. The van der Waals surface area contributed by atoms with E-state index in [0.29, 0.717) is 22.5 Å². The minimum Gasteiger partial charge on any atom is -0.326 e. The van der Waals surface area contributed by atoms with Gasteiger partial charge in [-0.25, -0.2) is 10.9 Å². The third kappa shape index (κ3) is 7.47. The Kier molecular flexibility index (Phi) is 8.05. The molecule has 0 radical (unpaired) electrons. The molecule has 0 unspecified atom stereocenters. The molecule has 0 saturated heterocycles. The van der Waals surface area contributed by atoms with Gasteiger partial charge in [0.05, 0.1) is 12.4 Å². The number of anilines is 2. The number of rotatable bonds is 10. The van der Waals surface area contributed by atoms with Gasteiger partial charge >= 0.3 is 0 Å². The van der Waals surface area contributed by atoms with Crippen molar-refractivity contribution in [1.82, 2.24) is 10.9 Å². The Bertz CT molecular complexity index is 1340. The lowest BCUT2D eigenvalue weighted by Gasteiger charge is -2.05. The lowest BCUT2D eigenvalue weighted by molar-refractivity contribution is -0.118. The van der Waals surface area contributed by atoms with E-state index in [1.807, 2.05) is 0 Å². The van der Waals surface area contributed by atoms with Crippen molar-refractivity contribution in [2.45, 2.75) is 25.7 Å². The molecule has 10 nitrogen and oxygen atoms in total. The topological polar surface area (TPSA) is 141 Å².